The molecule has 0 saturated heterocycles. The fourth-order valence-corrected chi connectivity index (χ4v) is 2.37. The van der Waals surface area contributed by atoms with Crippen molar-refractivity contribution in [3.05, 3.63) is 29.8 Å². The predicted octanol–water partition coefficient (Wildman–Crippen LogP) is 1.86. The van der Waals surface area contributed by atoms with Crippen molar-refractivity contribution in [3.8, 4) is 0 Å². The summed E-state index contributed by atoms with van der Waals surface area (Å²) >= 11 is 0. The van der Waals surface area contributed by atoms with E-state index >= 15 is 0 Å². The van der Waals surface area contributed by atoms with Gasteiger partial charge in [0.15, 0.2) is 0 Å². The number of para-hydroxylation sites is 1. The number of fused-ring (bicyclic) bond motifs is 1. The van der Waals surface area contributed by atoms with Crippen LogP contribution in [0.5, 0.6) is 0 Å². The highest BCUT2D eigenvalue weighted by Crippen LogP contribution is 2.31. The minimum absolute atomic E-state index is 0.00681. The van der Waals surface area contributed by atoms with Gasteiger partial charge in [-0.15, -0.1) is 0 Å². The molecule has 0 aliphatic carbocycles. The summed E-state index contributed by atoms with van der Waals surface area (Å²) in [5, 5.41) is 15.7. The number of nitrogens with one attached hydrogen (secondary N) is 2. The van der Waals surface area contributed by atoms with E-state index in [0.717, 1.165) is 24.2 Å². The molecule has 0 fully saturated rings. The maximum Gasteiger partial charge on any atom is 0.228 e. The van der Waals surface area contributed by atoms with Crippen LogP contribution >= 0.6 is 0 Å². The third-order valence-electron chi connectivity index (χ3n) is 3.96. The number of hydrogen-bond donors (Lipinski definition) is 3. The molecule has 2 unspecified atom stereocenters. The van der Waals surface area contributed by atoms with Crippen molar-refractivity contribution in [2.45, 2.75) is 38.1 Å². The second-order valence-corrected chi connectivity index (χ2v) is 5.42. The quantitative estimate of drug-likeness (QED) is 0.776. The summed E-state index contributed by atoms with van der Waals surface area (Å²) in [7, 11) is 0. The van der Waals surface area contributed by atoms with Gasteiger partial charge in [-0.2, -0.15) is 0 Å². The highest BCUT2D eigenvalue weighted by atomic mass is 16.3. The first-order valence-corrected chi connectivity index (χ1v) is 6.85. The van der Waals surface area contributed by atoms with Crippen molar-refractivity contribution in [3.63, 3.8) is 0 Å². The van der Waals surface area contributed by atoms with Crippen molar-refractivity contribution in [1.82, 2.24) is 5.32 Å². The lowest BCUT2D eigenvalue weighted by molar-refractivity contribution is -0.125. The predicted molar refractivity (Wildman–Crippen MR) is 76.2 cm³/mol. The summed E-state index contributed by atoms with van der Waals surface area (Å²) in [5.74, 6) is -0.123. The van der Waals surface area contributed by atoms with Gasteiger partial charge in [-0.1, -0.05) is 25.1 Å². The molecule has 3 N–H and O–H groups in total. The summed E-state index contributed by atoms with van der Waals surface area (Å²) in [5.41, 5.74) is 1.55. The number of hydrogen-bond acceptors (Lipinski definition) is 3. The topological polar surface area (TPSA) is 61.4 Å². The van der Waals surface area contributed by atoms with E-state index < -0.39 is 5.54 Å². The van der Waals surface area contributed by atoms with E-state index in [0.29, 0.717) is 6.42 Å². The first-order chi connectivity index (χ1) is 9.09. The molecule has 1 amide bonds. The number of carbonyl (C=O) groups excluding carboxylic acids is 1. The molecule has 1 aromatic carbocycles. The Morgan fingerprint density at radius 1 is 1.53 bits per heavy atom. The van der Waals surface area contributed by atoms with E-state index in [2.05, 4.69) is 10.6 Å². The standard InChI is InChI=1S/C15H22N2O2/c1-3-15(2,10-18)17-14(19)12-8-9-16-13-7-5-4-6-11(12)13/h4-7,12,16,18H,3,8-10H2,1-2H3,(H,17,19). The van der Waals surface area contributed by atoms with Crippen LogP contribution in [-0.4, -0.2) is 29.7 Å². The molecule has 1 aromatic rings. The van der Waals surface area contributed by atoms with Crippen LogP contribution in [0.3, 0.4) is 0 Å². The van der Waals surface area contributed by atoms with Crippen LogP contribution in [0.4, 0.5) is 5.69 Å². The van der Waals surface area contributed by atoms with Gasteiger partial charge in [-0.25, -0.2) is 0 Å². The number of benzene rings is 1. The van der Waals surface area contributed by atoms with Crippen LogP contribution in [0.25, 0.3) is 0 Å². The molecule has 0 radical (unpaired) electrons. The largest absolute Gasteiger partial charge is 0.394 e. The van der Waals surface area contributed by atoms with Crippen LogP contribution in [0.15, 0.2) is 24.3 Å². The van der Waals surface area contributed by atoms with Crippen molar-refractivity contribution < 1.29 is 9.90 Å². The molecule has 1 aliphatic heterocycles. The van der Waals surface area contributed by atoms with E-state index in [-0.39, 0.29) is 18.4 Å². The highest BCUT2D eigenvalue weighted by molar-refractivity contribution is 5.86. The number of amides is 1. The van der Waals surface area contributed by atoms with E-state index in [4.69, 9.17) is 0 Å². The Morgan fingerprint density at radius 3 is 2.95 bits per heavy atom. The normalized spacial score (nSPS) is 20.9. The van der Waals surface area contributed by atoms with Gasteiger partial charge >= 0.3 is 0 Å². The fraction of sp³-hybridized carbons (Fsp3) is 0.533. The monoisotopic (exact) mass is 262 g/mol. The molecule has 0 saturated carbocycles. The minimum atomic E-state index is -0.531. The number of aliphatic hydroxyl groups excluding tert-OH is 1. The zero-order valence-corrected chi connectivity index (χ0v) is 11.6. The average molecular weight is 262 g/mol. The average Bonchev–Trinajstić information content (AvgIpc) is 2.46. The van der Waals surface area contributed by atoms with Gasteiger partial charge in [-0.05, 0) is 31.4 Å². The van der Waals surface area contributed by atoms with Crippen LogP contribution in [0, 0.1) is 0 Å². The molecule has 4 heteroatoms. The Kier molecular flexibility index (Phi) is 4.10. The van der Waals surface area contributed by atoms with E-state index in [1.807, 2.05) is 38.1 Å². The van der Waals surface area contributed by atoms with Gasteiger partial charge in [0, 0.05) is 12.2 Å². The summed E-state index contributed by atoms with van der Waals surface area (Å²) in [4.78, 5) is 12.4. The van der Waals surface area contributed by atoms with Gasteiger partial charge in [-0.3, -0.25) is 4.79 Å². The number of anilines is 1. The molecule has 19 heavy (non-hydrogen) atoms. The second kappa shape index (κ2) is 5.61. The van der Waals surface area contributed by atoms with Crippen molar-refractivity contribution >= 4 is 11.6 Å². The van der Waals surface area contributed by atoms with Crippen LogP contribution in [0.2, 0.25) is 0 Å². The van der Waals surface area contributed by atoms with Gasteiger partial charge in [0.2, 0.25) is 5.91 Å². The zero-order valence-electron chi connectivity index (χ0n) is 11.6. The second-order valence-electron chi connectivity index (χ2n) is 5.42. The van der Waals surface area contributed by atoms with Crippen molar-refractivity contribution in [2.75, 3.05) is 18.5 Å². The molecule has 0 aromatic heterocycles. The zero-order chi connectivity index (χ0) is 13.9. The lowest BCUT2D eigenvalue weighted by Crippen LogP contribution is -2.50. The molecule has 0 bridgehead atoms. The fourth-order valence-electron chi connectivity index (χ4n) is 2.37. The molecule has 1 aliphatic rings. The van der Waals surface area contributed by atoms with E-state index in [9.17, 15) is 9.90 Å². The molecule has 2 atom stereocenters. The van der Waals surface area contributed by atoms with Gasteiger partial charge in [0.1, 0.15) is 0 Å². The molecular weight excluding hydrogens is 240 g/mol. The first-order valence-electron chi connectivity index (χ1n) is 6.85. The number of rotatable bonds is 4. The molecule has 104 valence electrons. The smallest absolute Gasteiger partial charge is 0.228 e. The summed E-state index contributed by atoms with van der Waals surface area (Å²) in [6, 6.07) is 7.92. The maximum absolute atomic E-state index is 12.4. The van der Waals surface area contributed by atoms with Crippen LogP contribution in [-0.2, 0) is 4.79 Å². The van der Waals surface area contributed by atoms with E-state index in [1.54, 1.807) is 0 Å². The third kappa shape index (κ3) is 2.89. The van der Waals surface area contributed by atoms with Crippen molar-refractivity contribution in [2.24, 2.45) is 0 Å². The van der Waals surface area contributed by atoms with Crippen molar-refractivity contribution in [1.29, 1.82) is 0 Å². The molecular formula is C15H22N2O2. The highest BCUT2D eigenvalue weighted by Gasteiger charge is 2.31. The Bertz CT molecular complexity index is 455. The maximum atomic E-state index is 12.4. The van der Waals surface area contributed by atoms with Crippen LogP contribution in [0.1, 0.15) is 38.2 Å². The molecule has 0 spiro atoms. The summed E-state index contributed by atoms with van der Waals surface area (Å²) in [6.45, 7) is 4.60. The number of carbonyl (C=O) groups is 1. The van der Waals surface area contributed by atoms with Gasteiger partial charge in [0.25, 0.3) is 0 Å². The summed E-state index contributed by atoms with van der Waals surface area (Å²) < 4.78 is 0. The third-order valence-corrected chi connectivity index (χ3v) is 3.96. The Balaban J connectivity index is 2.17. The Morgan fingerprint density at radius 2 is 2.26 bits per heavy atom. The van der Waals surface area contributed by atoms with E-state index in [1.165, 1.54) is 0 Å². The lowest BCUT2D eigenvalue weighted by Gasteiger charge is -2.32. The minimum Gasteiger partial charge on any atom is -0.394 e. The summed E-state index contributed by atoms with van der Waals surface area (Å²) in [6.07, 6.45) is 1.50. The molecule has 4 nitrogen and oxygen atoms in total. The Labute approximate surface area is 114 Å². The SMILES string of the molecule is CCC(C)(CO)NC(=O)C1CCNc2ccccc21. The van der Waals surface area contributed by atoms with Crippen LogP contribution < -0.4 is 10.6 Å². The molecule has 2 rings (SSSR count). The van der Waals surface area contributed by atoms with Gasteiger partial charge in [0.05, 0.1) is 18.1 Å². The first kappa shape index (κ1) is 13.9. The number of aliphatic hydroxyl groups is 1. The molecule has 1 heterocycles. The lowest BCUT2D eigenvalue weighted by atomic mass is 9.89. The van der Waals surface area contributed by atoms with Gasteiger partial charge < -0.3 is 15.7 Å². The Hall–Kier alpha value is -1.55.